The van der Waals surface area contributed by atoms with Crippen molar-refractivity contribution in [3.63, 3.8) is 0 Å². The molecule has 9 heavy (non-hydrogen) atoms. The van der Waals surface area contributed by atoms with E-state index in [1.807, 2.05) is 0 Å². The van der Waals surface area contributed by atoms with Crippen molar-refractivity contribution in [1.82, 2.24) is 0 Å². The van der Waals surface area contributed by atoms with Crippen LogP contribution in [0.15, 0.2) is 12.7 Å². The smallest absolute Gasteiger partial charge is 0.255 e. The van der Waals surface area contributed by atoms with Crippen LogP contribution >= 0.6 is 34.8 Å². The Kier molecular flexibility index (Phi) is 4.14. The zero-order valence-electron chi connectivity index (χ0n) is 4.44. The van der Waals surface area contributed by atoms with E-state index in [2.05, 4.69) is 6.58 Å². The molecule has 0 bridgehead atoms. The summed E-state index contributed by atoms with van der Waals surface area (Å²) in [6.45, 7) is 3.35. The molecule has 0 radical (unpaired) electrons. The van der Waals surface area contributed by atoms with E-state index < -0.39 is 13.9 Å². The first-order chi connectivity index (χ1) is 3.98. The van der Waals surface area contributed by atoms with E-state index in [1.54, 1.807) is 0 Å². The molecular formula is C4H5Cl3OS. The summed E-state index contributed by atoms with van der Waals surface area (Å²) in [6.07, 6.45) is 1.44. The standard InChI is InChI=1S/C4H5Cl3OS/c1-2-3-9(8)4(5,6)7/h2H,1,3H2. The second kappa shape index (κ2) is 3.81. The average molecular weight is 208 g/mol. The highest BCUT2D eigenvalue weighted by Gasteiger charge is 2.26. The SMILES string of the molecule is C=CCS(=O)C(Cl)(Cl)Cl. The minimum Gasteiger partial charge on any atom is -0.255 e. The van der Waals surface area contributed by atoms with Gasteiger partial charge in [-0.25, -0.2) is 0 Å². The van der Waals surface area contributed by atoms with E-state index in [0.717, 1.165) is 0 Å². The quantitative estimate of drug-likeness (QED) is 0.501. The highest BCUT2D eigenvalue weighted by atomic mass is 35.6. The van der Waals surface area contributed by atoms with Gasteiger partial charge in [0.2, 0.25) is 0 Å². The van der Waals surface area contributed by atoms with Crippen molar-refractivity contribution in [1.29, 1.82) is 0 Å². The molecule has 1 nitrogen and oxygen atoms in total. The average Bonchev–Trinajstić information content (AvgIpc) is 1.64. The van der Waals surface area contributed by atoms with Gasteiger partial charge < -0.3 is 0 Å². The minimum absolute atomic E-state index is 0.205. The van der Waals surface area contributed by atoms with Crippen molar-refractivity contribution in [2.45, 2.75) is 3.12 Å². The van der Waals surface area contributed by atoms with Crippen molar-refractivity contribution < 1.29 is 4.21 Å². The molecule has 0 aliphatic heterocycles. The summed E-state index contributed by atoms with van der Waals surface area (Å²) in [5.74, 6) is 0.205. The van der Waals surface area contributed by atoms with Gasteiger partial charge in [-0.1, -0.05) is 40.9 Å². The topological polar surface area (TPSA) is 17.1 Å². The second-order valence-corrected chi connectivity index (χ2v) is 5.84. The molecule has 0 heterocycles. The first kappa shape index (κ1) is 9.76. The van der Waals surface area contributed by atoms with Crippen LogP contribution in [0.4, 0.5) is 0 Å². The summed E-state index contributed by atoms with van der Waals surface area (Å²) < 4.78 is 9.04. The summed E-state index contributed by atoms with van der Waals surface area (Å²) in [6, 6.07) is 0. The molecule has 0 rings (SSSR count). The number of alkyl halides is 3. The van der Waals surface area contributed by atoms with E-state index in [-0.39, 0.29) is 5.75 Å². The van der Waals surface area contributed by atoms with Crippen LogP contribution in [0.5, 0.6) is 0 Å². The van der Waals surface area contributed by atoms with Crippen molar-refractivity contribution in [3.8, 4) is 0 Å². The third kappa shape index (κ3) is 4.20. The third-order valence-corrected chi connectivity index (χ3v) is 3.13. The Morgan fingerprint density at radius 1 is 1.56 bits per heavy atom. The van der Waals surface area contributed by atoms with Gasteiger partial charge >= 0.3 is 0 Å². The van der Waals surface area contributed by atoms with Gasteiger partial charge in [-0.3, -0.25) is 4.21 Å². The van der Waals surface area contributed by atoms with Crippen LogP contribution in [0.1, 0.15) is 0 Å². The molecule has 0 saturated carbocycles. The molecule has 0 aliphatic rings. The molecule has 1 atom stereocenters. The Labute approximate surface area is 71.4 Å². The van der Waals surface area contributed by atoms with Crippen LogP contribution in [0.25, 0.3) is 0 Å². The van der Waals surface area contributed by atoms with Crippen LogP contribution in [0.3, 0.4) is 0 Å². The van der Waals surface area contributed by atoms with Gasteiger partial charge in [0.1, 0.15) is 0 Å². The summed E-state index contributed by atoms with van der Waals surface area (Å²) >= 11 is 15.7. The Hall–Kier alpha value is 0.760. The maximum absolute atomic E-state index is 10.7. The molecule has 54 valence electrons. The lowest BCUT2D eigenvalue weighted by atomic mass is 10.8. The summed E-state index contributed by atoms with van der Waals surface area (Å²) in [5, 5.41) is 0. The van der Waals surface area contributed by atoms with E-state index in [0.29, 0.717) is 0 Å². The van der Waals surface area contributed by atoms with Crippen molar-refractivity contribution in [2.75, 3.05) is 5.75 Å². The number of hydrogen-bond donors (Lipinski definition) is 0. The van der Waals surface area contributed by atoms with Gasteiger partial charge in [0, 0.05) is 5.75 Å². The monoisotopic (exact) mass is 206 g/mol. The van der Waals surface area contributed by atoms with Crippen molar-refractivity contribution in [2.24, 2.45) is 0 Å². The van der Waals surface area contributed by atoms with Gasteiger partial charge in [0.25, 0.3) is 3.12 Å². The number of halogens is 3. The molecule has 0 aliphatic carbocycles. The predicted octanol–water partition coefficient (Wildman–Crippen LogP) is 2.25. The third-order valence-electron chi connectivity index (χ3n) is 0.527. The van der Waals surface area contributed by atoms with Crippen LogP contribution in [0.2, 0.25) is 0 Å². The largest absolute Gasteiger partial charge is 0.266 e. The first-order valence-corrected chi connectivity index (χ1v) is 4.50. The van der Waals surface area contributed by atoms with Crippen LogP contribution < -0.4 is 0 Å². The van der Waals surface area contributed by atoms with E-state index >= 15 is 0 Å². The molecular weight excluding hydrogens is 202 g/mol. The highest BCUT2D eigenvalue weighted by Crippen LogP contribution is 2.30. The fraction of sp³-hybridized carbons (Fsp3) is 0.500. The fourth-order valence-corrected chi connectivity index (χ4v) is 1.17. The van der Waals surface area contributed by atoms with Crippen LogP contribution in [0, 0.1) is 0 Å². The van der Waals surface area contributed by atoms with E-state index in [9.17, 15) is 4.21 Å². The molecule has 0 aromatic rings. The molecule has 5 heteroatoms. The van der Waals surface area contributed by atoms with Gasteiger partial charge in [-0.05, 0) is 0 Å². The zero-order chi connectivity index (χ0) is 7.49. The van der Waals surface area contributed by atoms with E-state index in [4.69, 9.17) is 34.8 Å². The Morgan fingerprint density at radius 2 is 2.00 bits per heavy atom. The number of hydrogen-bond acceptors (Lipinski definition) is 1. The Bertz CT molecular complexity index is 128. The molecule has 0 aromatic carbocycles. The first-order valence-electron chi connectivity index (χ1n) is 2.04. The maximum atomic E-state index is 10.7. The second-order valence-electron chi connectivity index (χ2n) is 1.25. The normalized spacial score (nSPS) is 15.0. The lowest BCUT2D eigenvalue weighted by Gasteiger charge is -2.06. The van der Waals surface area contributed by atoms with Gasteiger partial charge in [0.05, 0.1) is 10.8 Å². The van der Waals surface area contributed by atoms with E-state index in [1.165, 1.54) is 6.08 Å². The molecule has 1 unspecified atom stereocenters. The molecule has 0 N–H and O–H groups in total. The Balaban J connectivity index is 3.88. The van der Waals surface area contributed by atoms with Gasteiger partial charge in [-0.15, -0.1) is 6.58 Å². The summed E-state index contributed by atoms with van der Waals surface area (Å²) in [4.78, 5) is 0. The predicted molar refractivity (Wildman–Crippen MR) is 43.5 cm³/mol. The minimum atomic E-state index is -1.67. The molecule has 0 saturated heterocycles. The molecule has 0 spiro atoms. The Morgan fingerprint density at radius 3 is 2.11 bits per heavy atom. The highest BCUT2D eigenvalue weighted by molar-refractivity contribution is 7.91. The fourth-order valence-electron chi connectivity index (χ4n) is 0.202. The van der Waals surface area contributed by atoms with Crippen molar-refractivity contribution >= 4 is 45.6 Å². The number of rotatable bonds is 2. The van der Waals surface area contributed by atoms with Crippen LogP contribution in [-0.4, -0.2) is 13.1 Å². The van der Waals surface area contributed by atoms with Gasteiger partial charge in [-0.2, -0.15) is 0 Å². The van der Waals surface area contributed by atoms with Crippen LogP contribution in [-0.2, 0) is 10.8 Å². The molecule has 0 amide bonds. The summed E-state index contributed by atoms with van der Waals surface area (Å²) in [5.41, 5.74) is 0. The molecule has 0 fully saturated rings. The zero-order valence-corrected chi connectivity index (χ0v) is 7.53. The summed E-state index contributed by atoms with van der Waals surface area (Å²) in [7, 11) is -1.46. The lowest BCUT2D eigenvalue weighted by Crippen LogP contribution is -2.13. The lowest BCUT2D eigenvalue weighted by molar-refractivity contribution is 0.685. The van der Waals surface area contributed by atoms with Crippen molar-refractivity contribution in [3.05, 3.63) is 12.7 Å². The molecule has 0 aromatic heterocycles. The maximum Gasteiger partial charge on any atom is 0.266 e. The van der Waals surface area contributed by atoms with Gasteiger partial charge in [0.15, 0.2) is 0 Å².